The van der Waals surface area contributed by atoms with Crippen molar-refractivity contribution in [1.29, 1.82) is 0 Å². The van der Waals surface area contributed by atoms with Crippen molar-refractivity contribution < 1.29 is 4.79 Å². The van der Waals surface area contributed by atoms with Gasteiger partial charge in [0.15, 0.2) is 0 Å². The zero-order chi connectivity index (χ0) is 14.5. The molecule has 104 valence electrons. The number of hydrogen-bond acceptors (Lipinski definition) is 3. The molecule has 0 N–H and O–H groups in total. The zero-order valence-electron chi connectivity index (χ0n) is 10.6. The maximum absolute atomic E-state index is 12.5. The fourth-order valence-electron chi connectivity index (χ4n) is 1.72. The molecule has 0 unspecified atom stereocenters. The highest BCUT2D eigenvalue weighted by molar-refractivity contribution is 7.16. The summed E-state index contributed by atoms with van der Waals surface area (Å²) in [5.74, 6) is -0.151. The molecular weight excluding hydrogens is 315 g/mol. The molecule has 1 amide bonds. The van der Waals surface area contributed by atoms with Gasteiger partial charge in [0.2, 0.25) is 0 Å². The molecule has 2 heterocycles. The topological polar surface area (TPSA) is 33.2 Å². The summed E-state index contributed by atoms with van der Waals surface area (Å²) in [7, 11) is 0. The first kappa shape index (κ1) is 15.0. The lowest BCUT2D eigenvalue weighted by atomic mass is 10.2. The molecule has 3 nitrogen and oxygen atoms in total. The Labute approximate surface area is 131 Å². The molecule has 0 spiro atoms. The Morgan fingerprint density at radius 3 is 2.80 bits per heavy atom. The second kappa shape index (κ2) is 6.88. The first-order valence-corrected chi connectivity index (χ1v) is 7.43. The van der Waals surface area contributed by atoms with Gasteiger partial charge in [0, 0.05) is 23.8 Å². The predicted octanol–water partition coefficient (Wildman–Crippen LogP) is 4.28. The highest BCUT2D eigenvalue weighted by Crippen LogP contribution is 2.24. The van der Waals surface area contributed by atoms with Crippen molar-refractivity contribution in [2.75, 3.05) is 6.54 Å². The van der Waals surface area contributed by atoms with Crippen LogP contribution in [0.1, 0.15) is 15.2 Å². The maximum Gasteiger partial charge on any atom is 0.256 e. The lowest BCUT2D eigenvalue weighted by Gasteiger charge is -2.20. The van der Waals surface area contributed by atoms with E-state index < -0.39 is 0 Å². The third kappa shape index (κ3) is 3.60. The Hall–Kier alpha value is -1.36. The van der Waals surface area contributed by atoms with Gasteiger partial charge in [-0.2, -0.15) is 0 Å². The number of halogens is 2. The highest BCUT2D eigenvalue weighted by atomic mass is 35.5. The van der Waals surface area contributed by atoms with E-state index in [2.05, 4.69) is 11.6 Å². The Kier molecular flexibility index (Phi) is 5.17. The minimum atomic E-state index is -0.151. The molecule has 0 aliphatic heterocycles. The first-order valence-electron chi connectivity index (χ1n) is 5.85. The van der Waals surface area contributed by atoms with Crippen molar-refractivity contribution in [2.45, 2.75) is 6.54 Å². The van der Waals surface area contributed by atoms with Gasteiger partial charge in [-0.25, -0.2) is 0 Å². The van der Waals surface area contributed by atoms with Gasteiger partial charge in [0.05, 0.1) is 21.5 Å². The number of nitrogens with zero attached hydrogens (tertiary/aromatic N) is 2. The largest absolute Gasteiger partial charge is 0.330 e. The number of carbonyl (C=O) groups excluding carboxylic acids is 1. The van der Waals surface area contributed by atoms with E-state index in [0.29, 0.717) is 28.0 Å². The smallest absolute Gasteiger partial charge is 0.256 e. The second-order valence-electron chi connectivity index (χ2n) is 4.04. The standard InChI is InChI=1S/C14H12Cl2N2OS/c1-2-7-18(9-10-3-4-13(16)20-10)14(19)11-5-6-17-8-12(11)15/h2-6,8H,1,7,9H2. The van der Waals surface area contributed by atoms with Gasteiger partial charge in [-0.15, -0.1) is 17.9 Å². The Bertz CT molecular complexity index is 627. The summed E-state index contributed by atoms with van der Waals surface area (Å²) in [5, 5.41) is 0.343. The summed E-state index contributed by atoms with van der Waals surface area (Å²) in [5.41, 5.74) is 0.436. The Morgan fingerprint density at radius 1 is 1.40 bits per heavy atom. The third-order valence-electron chi connectivity index (χ3n) is 2.62. The van der Waals surface area contributed by atoms with E-state index in [0.717, 1.165) is 4.88 Å². The molecule has 0 aliphatic carbocycles. The number of thiophene rings is 1. The second-order valence-corrected chi connectivity index (χ2v) is 6.24. The van der Waals surface area contributed by atoms with Crippen LogP contribution in [-0.4, -0.2) is 22.3 Å². The van der Waals surface area contributed by atoms with Gasteiger partial charge in [-0.3, -0.25) is 9.78 Å². The van der Waals surface area contributed by atoms with Gasteiger partial charge in [0.25, 0.3) is 5.91 Å². The van der Waals surface area contributed by atoms with Crippen molar-refractivity contribution in [3.63, 3.8) is 0 Å². The first-order chi connectivity index (χ1) is 9.61. The van der Waals surface area contributed by atoms with Crippen molar-refractivity contribution in [3.05, 3.63) is 63.0 Å². The molecule has 0 radical (unpaired) electrons. The fraction of sp³-hybridized carbons (Fsp3) is 0.143. The minimum absolute atomic E-state index is 0.151. The SMILES string of the molecule is C=CCN(Cc1ccc(Cl)s1)C(=O)c1ccncc1Cl. The molecule has 0 fully saturated rings. The summed E-state index contributed by atoms with van der Waals surface area (Å²) in [4.78, 5) is 19.1. The zero-order valence-corrected chi connectivity index (χ0v) is 12.9. The van der Waals surface area contributed by atoms with Crippen molar-refractivity contribution in [3.8, 4) is 0 Å². The summed E-state index contributed by atoms with van der Waals surface area (Å²) in [6.07, 6.45) is 4.69. The van der Waals surface area contributed by atoms with Crippen molar-refractivity contribution in [2.24, 2.45) is 0 Å². The maximum atomic E-state index is 12.5. The van der Waals surface area contributed by atoms with E-state index in [1.807, 2.05) is 12.1 Å². The van der Waals surface area contributed by atoms with Crippen LogP contribution in [0.25, 0.3) is 0 Å². The molecule has 2 aromatic heterocycles. The van der Waals surface area contributed by atoms with Crippen LogP contribution in [0.15, 0.2) is 43.2 Å². The van der Waals surface area contributed by atoms with Crippen molar-refractivity contribution in [1.82, 2.24) is 9.88 Å². The number of hydrogen-bond donors (Lipinski definition) is 0. The van der Waals surface area contributed by atoms with Gasteiger partial charge in [-0.05, 0) is 18.2 Å². The van der Waals surface area contributed by atoms with E-state index in [1.54, 1.807) is 23.2 Å². The van der Waals surface area contributed by atoms with Crippen LogP contribution in [0, 0.1) is 0 Å². The molecule has 0 aromatic carbocycles. The number of amides is 1. The predicted molar refractivity (Wildman–Crippen MR) is 83.5 cm³/mol. The van der Waals surface area contributed by atoms with E-state index in [1.165, 1.54) is 17.5 Å². The number of aromatic nitrogens is 1. The Balaban J connectivity index is 2.22. The third-order valence-corrected chi connectivity index (χ3v) is 4.13. The molecule has 0 saturated heterocycles. The van der Waals surface area contributed by atoms with Crippen LogP contribution in [0.2, 0.25) is 9.36 Å². The molecular formula is C14H12Cl2N2OS. The average molecular weight is 327 g/mol. The van der Waals surface area contributed by atoms with Gasteiger partial charge in [-0.1, -0.05) is 29.3 Å². The summed E-state index contributed by atoms with van der Waals surface area (Å²) in [6.45, 7) is 4.59. The number of carbonyl (C=O) groups is 1. The summed E-state index contributed by atoms with van der Waals surface area (Å²) in [6, 6.07) is 5.34. The summed E-state index contributed by atoms with van der Waals surface area (Å²) < 4.78 is 0.702. The normalized spacial score (nSPS) is 10.3. The summed E-state index contributed by atoms with van der Waals surface area (Å²) >= 11 is 13.4. The minimum Gasteiger partial charge on any atom is -0.330 e. The van der Waals surface area contributed by atoms with Crippen LogP contribution in [0.5, 0.6) is 0 Å². The number of pyridine rings is 1. The highest BCUT2D eigenvalue weighted by Gasteiger charge is 2.18. The van der Waals surface area contributed by atoms with Gasteiger partial charge in [0.1, 0.15) is 0 Å². The quantitative estimate of drug-likeness (QED) is 0.768. The van der Waals surface area contributed by atoms with Gasteiger partial charge < -0.3 is 4.90 Å². The van der Waals surface area contributed by atoms with Gasteiger partial charge >= 0.3 is 0 Å². The van der Waals surface area contributed by atoms with Crippen LogP contribution in [0.4, 0.5) is 0 Å². The van der Waals surface area contributed by atoms with Crippen LogP contribution < -0.4 is 0 Å². The van der Waals surface area contributed by atoms with Crippen LogP contribution in [0.3, 0.4) is 0 Å². The van der Waals surface area contributed by atoms with Crippen LogP contribution >= 0.6 is 34.5 Å². The fourth-order valence-corrected chi connectivity index (χ4v) is 3.02. The lowest BCUT2D eigenvalue weighted by Crippen LogP contribution is -2.30. The average Bonchev–Trinajstić information content (AvgIpc) is 2.83. The van der Waals surface area contributed by atoms with E-state index in [-0.39, 0.29) is 5.91 Å². The molecule has 20 heavy (non-hydrogen) atoms. The molecule has 2 rings (SSSR count). The van der Waals surface area contributed by atoms with Crippen molar-refractivity contribution >= 4 is 40.4 Å². The van der Waals surface area contributed by atoms with E-state index in [4.69, 9.17) is 23.2 Å². The lowest BCUT2D eigenvalue weighted by molar-refractivity contribution is 0.0764. The molecule has 0 aliphatic rings. The molecule has 0 saturated carbocycles. The molecule has 6 heteroatoms. The molecule has 0 atom stereocenters. The molecule has 2 aromatic rings. The monoisotopic (exact) mass is 326 g/mol. The number of rotatable bonds is 5. The van der Waals surface area contributed by atoms with E-state index in [9.17, 15) is 4.79 Å². The van der Waals surface area contributed by atoms with E-state index >= 15 is 0 Å². The molecule has 0 bridgehead atoms. The Morgan fingerprint density at radius 2 is 2.20 bits per heavy atom. The van der Waals surface area contributed by atoms with Crippen LogP contribution in [-0.2, 0) is 6.54 Å².